The number of ether oxygens (including phenoxy) is 1. The van der Waals surface area contributed by atoms with E-state index in [0.717, 1.165) is 18.9 Å². The molecule has 0 atom stereocenters. The van der Waals surface area contributed by atoms with Gasteiger partial charge in [-0.3, -0.25) is 0 Å². The number of hydrogen-bond donors (Lipinski definition) is 1. The van der Waals surface area contributed by atoms with E-state index in [0.29, 0.717) is 19.0 Å². The molecule has 1 aliphatic rings. The van der Waals surface area contributed by atoms with Crippen molar-refractivity contribution < 1.29 is 18.8 Å². The fourth-order valence-corrected chi connectivity index (χ4v) is 2.14. The number of benzene rings is 1. The van der Waals surface area contributed by atoms with Crippen molar-refractivity contribution in [2.75, 3.05) is 13.2 Å². The van der Waals surface area contributed by atoms with Gasteiger partial charge < -0.3 is 14.4 Å². The van der Waals surface area contributed by atoms with E-state index in [9.17, 15) is 9.50 Å². The minimum atomic E-state index is -0.581. The molecule has 0 amide bonds. The van der Waals surface area contributed by atoms with Gasteiger partial charge >= 0.3 is 0 Å². The molecule has 0 saturated carbocycles. The maximum absolute atomic E-state index is 13.7. The second-order valence-electron chi connectivity index (χ2n) is 4.51. The summed E-state index contributed by atoms with van der Waals surface area (Å²) in [5.41, 5.74) is 0.198. The smallest absolute Gasteiger partial charge is 0.260 e. The third-order valence-corrected chi connectivity index (χ3v) is 3.21. The minimum absolute atomic E-state index is 0.134. The average Bonchev–Trinajstić information content (AvgIpc) is 2.89. The first kappa shape index (κ1) is 12.1. The highest BCUT2D eigenvalue weighted by Gasteiger charge is 2.22. The van der Waals surface area contributed by atoms with Crippen molar-refractivity contribution in [3.8, 4) is 17.2 Å². The zero-order valence-corrected chi connectivity index (χ0v) is 10.2. The molecular weight excluding hydrogens is 251 g/mol. The van der Waals surface area contributed by atoms with E-state index in [4.69, 9.17) is 9.26 Å². The van der Waals surface area contributed by atoms with E-state index in [1.54, 1.807) is 0 Å². The average molecular weight is 264 g/mol. The summed E-state index contributed by atoms with van der Waals surface area (Å²) in [7, 11) is 0. The molecule has 19 heavy (non-hydrogen) atoms. The molecule has 0 aliphatic carbocycles. The van der Waals surface area contributed by atoms with Gasteiger partial charge in [-0.1, -0.05) is 5.16 Å². The van der Waals surface area contributed by atoms with Crippen LogP contribution in [0.3, 0.4) is 0 Å². The molecule has 3 rings (SSSR count). The van der Waals surface area contributed by atoms with Gasteiger partial charge in [0.25, 0.3) is 5.89 Å². The Hall–Kier alpha value is -1.95. The van der Waals surface area contributed by atoms with Crippen LogP contribution in [0.15, 0.2) is 22.7 Å². The predicted molar refractivity (Wildman–Crippen MR) is 64.2 cm³/mol. The Morgan fingerprint density at radius 3 is 2.79 bits per heavy atom. The first-order chi connectivity index (χ1) is 9.24. The second kappa shape index (κ2) is 4.97. The van der Waals surface area contributed by atoms with Crippen molar-refractivity contribution in [2.24, 2.45) is 0 Å². The Kier molecular flexibility index (Phi) is 3.16. The third kappa shape index (κ3) is 2.44. The maximum atomic E-state index is 13.7. The SMILES string of the molecule is Oc1ccc(-c2nc(C3CCOCC3)no2)c(F)c1. The number of hydrogen-bond acceptors (Lipinski definition) is 5. The predicted octanol–water partition coefficient (Wildman–Crippen LogP) is 2.48. The molecule has 100 valence electrons. The summed E-state index contributed by atoms with van der Waals surface area (Å²) in [5.74, 6) is 0.212. The monoisotopic (exact) mass is 264 g/mol. The molecule has 1 aromatic carbocycles. The zero-order valence-electron chi connectivity index (χ0n) is 10.2. The molecular formula is C13H13FN2O3. The lowest BCUT2D eigenvalue weighted by atomic mass is 10.00. The minimum Gasteiger partial charge on any atom is -0.508 e. The van der Waals surface area contributed by atoms with Gasteiger partial charge in [0.15, 0.2) is 5.82 Å². The molecule has 1 aromatic heterocycles. The topological polar surface area (TPSA) is 68.4 Å². The first-order valence-corrected chi connectivity index (χ1v) is 6.14. The van der Waals surface area contributed by atoms with E-state index in [1.165, 1.54) is 12.1 Å². The molecule has 5 nitrogen and oxygen atoms in total. The Morgan fingerprint density at radius 2 is 2.05 bits per heavy atom. The van der Waals surface area contributed by atoms with E-state index >= 15 is 0 Å². The van der Waals surface area contributed by atoms with Gasteiger partial charge in [0, 0.05) is 25.2 Å². The number of phenols is 1. The lowest BCUT2D eigenvalue weighted by molar-refractivity contribution is 0.0830. The Balaban J connectivity index is 1.87. The molecule has 6 heteroatoms. The maximum Gasteiger partial charge on any atom is 0.260 e. The summed E-state index contributed by atoms with van der Waals surface area (Å²) in [5, 5.41) is 13.1. The van der Waals surface area contributed by atoms with Crippen molar-refractivity contribution >= 4 is 0 Å². The highest BCUT2D eigenvalue weighted by atomic mass is 19.1. The fourth-order valence-electron chi connectivity index (χ4n) is 2.14. The molecule has 1 aliphatic heterocycles. The summed E-state index contributed by atoms with van der Waals surface area (Å²) in [6.07, 6.45) is 1.69. The summed E-state index contributed by atoms with van der Waals surface area (Å²) < 4.78 is 24.1. The van der Waals surface area contributed by atoms with E-state index < -0.39 is 5.82 Å². The van der Waals surface area contributed by atoms with Gasteiger partial charge in [-0.15, -0.1) is 0 Å². The van der Waals surface area contributed by atoms with Crippen LogP contribution in [0, 0.1) is 5.82 Å². The van der Waals surface area contributed by atoms with E-state index in [1.807, 2.05) is 0 Å². The van der Waals surface area contributed by atoms with E-state index in [2.05, 4.69) is 10.1 Å². The molecule has 1 fully saturated rings. The van der Waals surface area contributed by atoms with Crippen LogP contribution in [0.1, 0.15) is 24.6 Å². The number of aromatic hydroxyl groups is 1. The highest BCUT2D eigenvalue weighted by molar-refractivity contribution is 5.55. The summed E-state index contributed by atoms with van der Waals surface area (Å²) >= 11 is 0. The number of rotatable bonds is 2. The number of halogens is 1. The van der Waals surface area contributed by atoms with Crippen LogP contribution < -0.4 is 0 Å². The molecule has 1 N–H and O–H groups in total. The van der Waals surface area contributed by atoms with Crippen molar-refractivity contribution in [3.05, 3.63) is 29.8 Å². The van der Waals surface area contributed by atoms with Gasteiger partial charge in [0.05, 0.1) is 5.56 Å². The molecule has 0 radical (unpaired) electrons. The first-order valence-electron chi connectivity index (χ1n) is 6.14. The second-order valence-corrected chi connectivity index (χ2v) is 4.51. The summed E-state index contributed by atoms with van der Waals surface area (Å²) in [6, 6.07) is 3.83. The fraction of sp³-hybridized carbons (Fsp3) is 0.385. The lowest BCUT2D eigenvalue weighted by Gasteiger charge is -2.18. The van der Waals surface area contributed by atoms with Crippen LogP contribution in [0.5, 0.6) is 5.75 Å². The van der Waals surface area contributed by atoms with Crippen LogP contribution in [0.2, 0.25) is 0 Å². The van der Waals surface area contributed by atoms with Gasteiger partial charge in [-0.2, -0.15) is 4.98 Å². The van der Waals surface area contributed by atoms with Gasteiger partial charge in [-0.05, 0) is 25.0 Å². The van der Waals surface area contributed by atoms with Crippen LogP contribution in [0.4, 0.5) is 4.39 Å². The quantitative estimate of drug-likeness (QED) is 0.902. The molecule has 1 saturated heterocycles. The molecule has 2 heterocycles. The van der Waals surface area contributed by atoms with Gasteiger partial charge in [0.2, 0.25) is 0 Å². The highest BCUT2D eigenvalue weighted by Crippen LogP contribution is 2.28. The molecule has 2 aromatic rings. The van der Waals surface area contributed by atoms with Crippen LogP contribution >= 0.6 is 0 Å². The Morgan fingerprint density at radius 1 is 1.26 bits per heavy atom. The van der Waals surface area contributed by atoms with Gasteiger partial charge in [-0.25, -0.2) is 4.39 Å². The zero-order chi connectivity index (χ0) is 13.2. The molecule has 0 bridgehead atoms. The van der Waals surface area contributed by atoms with Crippen LogP contribution in [0.25, 0.3) is 11.5 Å². The number of aromatic nitrogens is 2. The number of nitrogens with zero attached hydrogens (tertiary/aromatic N) is 2. The van der Waals surface area contributed by atoms with Gasteiger partial charge in [0.1, 0.15) is 11.6 Å². The lowest BCUT2D eigenvalue weighted by Crippen LogP contribution is -2.15. The molecule has 0 spiro atoms. The van der Waals surface area contributed by atoms with Crippen molar-refractivity contribution in [1.29, 1.82) is 0 Å². The van der Waals surface area contributed by atoms with Crippen molar-refractivity contribution in [2.45, 2.75) is 18.8 Å². The third-order valence-electron chi connectivity index (χ3n) is 3.21. The summed E-state index contributed by atoms with van der Waals surface area (Å²) in [6.45, 7) is 1.37. The summed E-state index contributed by atoms with van der Waals surface area (Å²) in [4.78, 5) is 4.24. The Bertz CT molecular complexity index is 579. The standard InChI is InChI=1S/C13H13FN2O3/c14-11-7-9(17)1-2-10(11)13-15-12(16-19-13)8-3-5-18-6-4-8/h1-2,7-8,17H,3-6H2. The largest absolute Gasteiger partial charge is 0.508 e. The molecule has 0 unspecified atom stereocenters. The van der Waals surface area contributed by atoms with Crippen LogP contribution in [-0.4, -0.2) is 28.5 Å². The Labute approximate surface area is 109 Å². The van der Waals surface area contributed by atoms with Crippen molar-refractivity contribution in [1.82, 2.24) is 10.1 Å². The van der Waals surface area contributed by atoms with Crippen molar-refractivity contribution in [3.63, 3.8) is 0 Å². The van der Waals surface area contributed by atoms with E-state index in [-0.39, 0.29) is 23.1 Å². The van der Waals surface area contributed by atoms with Crippen LogP contribution in [-0.2, 0) is 4.74 Å². The normalized spacial score (nSPS) is 16.7. The number of phenolic OH excluding ortho intramolecular Hbond substituents is 1.